The van der Waals surface area contributed by atoms with Gasteiger partial charge in [0.1, 0.15) is 5.82 Å². The predicted octanol–water partition coefficient (Wildman–Crippen LogP) is 3.06. The molecule has 0 aliphatic carbocycles. The molecule has 25 heavy (non-hydrogen) atoms. The summed E-state index contributed by atoms with van der Waals surface area (Å²) in [6, 6.07) is 8.26. The number of aryl methyl sites for hydroxylation is 1. The number of halogens is 2. The third kappa shape index (κ3) is 4.75. The van der Waals surface area contributed by atoms with E-state index in [0.717, 1.165) is 30.2 Å². The van der Waals surface area contributed by atoms with E-state index >= 15 is 0 Å². The Morgan fingerprint density at radius 3 is 2.36 bits per heavy atom. The van der Waals surface area contributed by atoms with Gasteiger partial charge in [0, 0.05) is 24.0 Å². The van der Waals surface area contributed by atoms with Crippen molar-refractivity contribution in [3.8, 4) is 5.69 Å². The summed E-state index contributed by atoms with van der Waals surface area (Å²) in [6.07, 6.45) is 3.74. The summed E-state index contributed by atoms with van der Waals surface area (Å²) in [5.74, 6) is 1.63. The highest BCUT2D eigenvalue weighted by Gasteiger charge is 2.29. The maximum absolute atomic E-state index is 12.3. The minimum Gasteiger partial charge on any atom is -0.349 e. The van der Waals surface area contributed by atoms with Crippen LogP contribution >= 0.6 is 24.8 Å². The summed E-state index contributed by atoms with van der Waals surface area (Å²) >= 11 is 0. The Balaban J connectivity index is 0.00000156. The van der Waals surface area contributed by atoms with Crippen molar-refractivity contribution in [3.63, 3.8) is 0 Å². The average Bonchev–Trinajstić information content (AvgIpc) is 2.91. The fraction of sp³-hybridized carbons (Fsp3) is 0.444. The fourth-order valence-corrected chi connectivity index (χ4v) is 2.88. The molecule has 0 bridgehead atoms. The van der Waals surface area contributed by atoms with Gasteiger partial charge in [-0.2, -0.15) is 0 Å². The smallest absolute Gasteiger partial charge is 0.223 e. The number of imidazole rings is 1. The first-order valence-electron chi connectivity index (χ1n) is 8.17. The third-order valence-electron chi connectivity index (χ3n) is 4.79. The van der Waals surface area contributed by atoms with Crippen LogP contribution in [0.5, 0.6) is 0 Å². The molecule has 2 atom stereocenters. The summed E-state index contributed by atoms with van der Waals surface area (Å²) in [6.45, 7) is 7.91. The topological polar surface area (TPSA) is 59.0 Å². The standard InChI is InChI=1S/C18H24N4O.2ClH/c1-12(16-10-19-11-16)18(23)21-13(2)15-4-6-17(7-5-15)22-9-8-20-14(22)3;;/h4-9,12-13,16,19H,10-11H2,1-3H3,(H,21,23);2*1H. The Labute approximate surface area is 161 Å². The Kier molecular flexibility index (Phi) is 7.93. The van der Waals surface area contributed by atoms with E-state index in [1.54, 1.807) is 6.20 Å². The van der Waals surface area contributed by atoms with Crippen molar-refractivity contribution in [2.45, 2.75) is 26.8 Å². The van der Waals surface area contributed by atoms with Crippen molar-refractivity contribution < 1.29 is 4.79 Å². The SMILES string of the molecule is Cc1nccn1-c1ccc(C(C)NC(=O)C(C)C2CNC2)cc1.Cl.Cl. The van der Waals surface area contributed by atoms with Crippen LogP contribution in [0.2, 0.25) is 0 Å². The van der Waals surface area contributed by atoms with E-state index in [1.165, 1.54) is 0 Å². The van der Waals surface area contributed by atoms with Crippen LogP contribution in [0.1, 0.15) is 31.3 Å². The van der Waals surface area contributed by atoms with Crippen molar-refractivity contribution in [2.75, 3.05) is 13.1 Å². The van der Waals surface area contributed by atoms with Gasteiger partial charge in [0.25, 0.3) is 0 Å². The van der Waals surface area contributed by atoms with Gasteiger partial charge in [-0.25, -0.2) is 4.98 Å². The number of benzene rings is 1. The zero-order valence-corrected chi connectivity index (χ0v) is 16.4. The number of nitrogens with one attached hydrogen (secondary N) is 2. The van der Waals surface area contributed by atoms with Gasteiger partial charge >= 0.3 is 0 Å². The molecule has 138 valence electrons. The Morgan fingerprint density at radius 2 is 1.88 bits per heavy atom. The highest BCUT2D eigenvalue weighted by Crippen LogP contribution is 2.20. The summed E-state index contributed by atoms with van der Waals surface area (Å²) in [5, 5.41) is 6.34. The van der Waals surface area contributed by atoms with Crippen LogP contribution in [0.3, 0.4) is 0 Å². The first kappa shape index (κ1) is 21.5. The van der Waals surface area contributed by atoms with E-state index in [9.17, 15) is 4.79 Å². The number of nitrogens with zero attached hydrogens (tertiary/aromatic N) is 2. The largest absolute Gasteiger partial charge is 0.349 e. The lowest BCUT2D eigenvalue weighted by Gasteiger charge is -2.32. The van der Waals surface area contributed by atoms with Gasteiger partial charge in [-0.1, -0.05) is 19.1 Å². The summed E-state index contributed by atoms with van der Waals surface area (Å²) < 4.78 is 2.04. The maximum atomic E-state index is 12.3. The Morgan fingerprint density at radius 1 is 1.24 bits per heavy atom. The summed E-state index contributed by atoms with van der Waals surface area (Å²) in [4.78, 5) is 16.5. The van der Waals surface area contributed by atoms with Gasteiger partial charge in [0.2, 0.25) is 5.91 Å². The van der Waals surface area contributed by atoms with E-state index in [0.29, 0.717) is 5.92 Å². The predicted molar refractivity (Wildman–Crippen MR) is 105 cm³/mol. The molecular weight excluding hydrogens is 359 g/mol. The second-order valence-corrected chi connectivity index (χ2v) is 6.37. The number of aromatic nitrogens is 2. The molecule has 2 heterocycles. The van der Waals surface area contributed by atoms with E-state index < -0.39 is 0 Å². The average molecular weight is 385 g/mol. The van der Waals surface area contributed by atoms with E-state index in [1.807, 2.05) is 31.5 Å². The number of hydrogen-bond acceptors (Lipinski definition) is 3. The van der Waals surface area contributed by atoms with Crippen molar-refractivity contribution in [3.05, 3.63) is 48.0 Å². The van der Waals surface area contributed by atoms with Gasteiger partial charge in [0.15, 0.2) is 0 Å². The molecule has 1 amide bonds. The monoisotopic (exact) mass is 384 g/mol. The highest BCUT2D eigenvalue weighted by atomic mass is 35.5. The van der Waals surface area contributed by atoms with Crippen LogP contribution in [0.25, 0.3) is 5.69 Å². The van der Waals surface area contributed by atoms with Gasteiger partial charge in [-0.15, -0.1) is 24.8 Å². The minimum absolute atomic E-state index is 0. The number of rotatable bonds is 5. The molecule has 2 unspecified atom stereocenters. The molecule has 2 aromatic rings. The molecule has 0 spiro atoms. The fourth-order valence-electron chi connectivity index (χ4n) is 2.88. The molecule has 1 saturated heterocycles. The second-order valence-electron chi connectivity index (χ2n) is 6.37. The Hall–Kier alpha value is -1.56. The lowest BCUT2D eigenvalue weighted by Crippen LogP contribution is -2.49. The number of carbonyl (C=O) groups excluding carboxylic acids is 1. The maximum Gasteiger partial charge on any atom is 0.223 e. The first-order valence-corrected chi connectivity index (χ1v) is 8.17. The quantitative estimate of drug-likeness (QED) is 0.832. The van der Waals surface area contributed by atoms with Crippen LogP contribution in [0.15, 0.2) is 36.7 Å². The molecule has 1 aromatic heterocycles. The van der Waals surface area contributed by atoms with E-state index in [2.05, 4.69) is 39.9 Å². The lowest BCUT2D eigenvalue weighted by molar-refractivity contribution is -0.127. The van der Waals surface area contributed by atoms with Crippen LogP contribution < -0.4 is 10.6 Å². The van der Waals surface area contributed by atoms with E-state index in [-0.39, 0.29) is 42.7 Å². The molecule has 1 aromatic carbocycles. The zero-order valence-electron chi connectivity index (χ0n) is 14.7. The molecule has 1 aliphatic rings. The third-order valence-corrected chi connectivity index (χ3v) is 4.79. The van der Waals surface area contributed by atoms with Gasteiger partial charge in [0.05, 0.1) is 6.04 Å². The molecule has 0 saturated carbocycles. The number of amides is 1. The minimum atomic E-state index is 0. The number of carbonyl (C=O) groups is 1. The van der Waals surface area contributed by atoms with E-state index in [4.69, 9.17) is 0 Å². The van der Waals surface area contributed by atoms with Gasteiger partial charge in [-0.05, 0) is 50.6 Å². The van der Waals surface area contributed by atoms with Crippen molar-refractivity contribution in [1.82, 2.24) is 20.2 Å². The van der Waals surface area contributed by atoms with Gasteiger partial charge in [-0.3, -0.25) is 4.79 Å². The Bertz CT molecular complexity index is 683. The van der Waals surface area contributed by atoms with Crippen LogP contribution in [-0.2, 0) is 4.79 Å². The van der Waals surface area contributed by atoms with Crippen molar-refractivity contribution in [2.24, 2.45) is 11.8 Å². The van der Waals surface area contributed by atoms with Crippen molar-refractivity contribution >= 4 is 30.7 Å². The first-order chi connectivity index (χ1) is 11.1. The molecule has 2 N–H and O–H groups in total. The van der Waals surface area contributed by atoms with Crippen LogP contribution in [-0.4, -0.2) is 28.5 Å². The van der Waals surface area contributed by atoms with Crippen LogP contribution in [0, 0.1) is 18.8 Å². The molecule has 1 aliphatic heterocycles. The molecule has 3 rings (SSSR count). The summed E-state index contributed by atoms with van der Waals surface area (Å²) in [7, 11) is 0. The zero-order chi connectivity index (χ0) is 16.4. The normalized spacial score (nSPS) is 16.0. The van der Waals surface area contributed by atoms with Crippen molar-refractivity contribution in [1.29, 1.82) is 0 Å². The van der Waals surface area contributed by atoms with Crippen LogP contribution in [0.4, 0.5) is 0 Å². The second kappa shape index (κ2) is 9.22. The molecule has 1 fully saturated rings. The van der Waals surface area contributed by atoms with Gasteiger partial charge < -0.3 is 15.2 Å². The molecular formula is C18H26Cl2N4O. The highest BCUT2D eigenvalue weighted by molar-refractivity contribution is 5.85. The molecule has 7 heteroatoms. The summed E-state index contributed by atoms with van der Waals surface area (Å²) in [5.41, 5.74) is 2.19. The molecule has 5 nitrogen and oxygen atoms in total. The number of hydrogen-bond donors (Lipinski definition) is 2. The lowest BCUT2D eigenvalue weighted by atomic mass is 9.88. The molecule has 0 radical (unpaired) electrons.